The van der Waals surface area contributed by atoms with Gasteiger partial charge in [-0.1, -0.05) is 29.0 Å². The number of likely N-dealkylation sites (N-methyl/N-ethyl adjacent to an activating group) is 1. The Hall–Kier alpha value is -2.45. The van der Waals surface area contributed by atoms with Crippen molar-refractivity contribution in [3.63, 3.8) is 0 Å². The number of carbonyl (C=O) groups excluding carboxylic acids is 1. The topological polar surface area (TPSA) is 72.3 Å². The minimum Gasteiger partial charge on any atom is -0.376 e. The van der Waals surface area contributed by atoms with Crippen LogP contribution in [0, 0.1) is 13.8 Å². The van der Waals surface area contributed by atoms with Gasteiger partial charge in [-0.3, -0.25) is 4.79 Å². The van der Waals surface area contributed by atoms with Gasteiger partial charge in [0, 0.05) is 20.2 Å². The summed E-state index contributed by atoms with van der Waals surface area (Å²) in [5, 5.41) is 8.41. The third-order valence-electron chi connectivity index (χ3n) is 4.91. The van der Waals surface area contributed by atoms with Crippen molar-refractivity contribution in [2.24, 2.45) is 0 Å². The van der Waals surface area contributed by atoms with Crippen LogP contribution in [0.3, 0.4) is 0 Å². The lowest BCUT2D eigenvalue weighted by Gasteiger charge is -2.16. The van der Waals surface area contributed by atoms with Crippen molar-refractivity contribution in [1.82, 2.24) is 20.1 Å². The second kappa shape index (κ2) is 7.89. The highest BCUT2D eigenvalue weighted by Gasteiger charge is 2.20. The first-order valence-corrected chi connectivity index (χ1v) is 10.4. The van der Waals surface area contributed by atoms with Crippen LogP contribution in [0.5, 0.6) is 0 Å². The van der Waals surface area contributed by atoms with Gasteiger partial charge in [-0.15, -0.1) is 0 Å². The van der Waals surface area contributed by atoms with E-state index in [9.17, 15) is 4.79 Å². The molecule has 0 spiro atoms. The standard InChI is InChI=1S/C20H25N5O2S/c1-13-6-8-15(9-7-13)25-19-18(14(2)23-25)28-20(22-19)24(3)12-17(26)21-11-16-5-4-10-27-16/h6-9,16H,4-5,10-12H2,1-3H3,(H,21,26)/t16-/m1/s1. The first-order valence-electron chi connectivity index (χ1n) is 9.54. The molecule has 8 heteroatoms. The van der Waals surface area contributed by atoms with Gasteiger partial charge in [0.15, 0.2) is 10.8 Å². The predicted molar refractivity (Wildman–Crippen MR) is 111 cm³/mol. The lowest BCUT2D eigenvalue weighted by Crippen LogP contribution is -2.38. The van der Waals surface area contributed by atoms with Crippen LogP contribution >= 0.6 is 11.3 Å². The van der Waals surface area contributed by atoms with Crippen molar-refractivity contribution in [3.8, 4) is 5.69 Å². The van der Waals surface area contributed by atoms with Crippen LogP contribution < -0.4 is 10.2 Å². The minimum absolute atomic E-state index is 0.0193. The number of carbonyl (C=O) groups is 1. The van der Waals surface area contributed by atoms with Crippen molar-refractivity contribution < 1.29 is 9.53 Å². The Kier molecular flexibility index (Phi) is 5.32. The summed E-state index contributed by atoms with van der Waals surface area (Å²) in [5.41, 5.74) is 3.96. The number of nitrogens with one attached hydrogen (secondary N) is 1. The first kappa shape index (κ1) is 18.9. The Morgan fingerprint density at radius 1 is 1.36 bits per heavy atom. The number of thiazole rings is 1. The zero-order valence-electron chi connectivity index (χ0n) is 16.4. The zero-order valence-corrected chi connectivity index (χ0v) is 17.3. The van der Waals surface area contributed by atoms with Gasteiger partial charge in [0.1, 0.15) is 0 Å². The number of rotatable bonds is 6. The number of hydrogen-bond acceptors (Lipinski definition) is 6. The van der Waals surface area contributed by atoms with E-state index in [1.807, 2.05) is 35.7 Å². The first-order chi connectivity index (χ1) is 13.5. The van der Waals surface area contributed by atoms with Crippen molar-refractivity contribution in [2.45, 2.75) is 32.8 Å². The summed E-state index contributed by atoms with van der Waals surface area (Å²) in [6.45, 7) is 5.69. The Morgan fingerprint density at radius 3 is 2.86 bits per heavy atom. The molecule has 1 aliphatic rings. The maximum absolute atomic E-state index is 12.3. The highest BCUT2D eigenvalue weighted by atomic mass is 32.1. The summed E-state index contributed by atoms with van der Waals surface area (Å²) in [7, 11) is 1.89. The van der Waals surface area contributed by atoms with E-state index in [1.54, 1.807) is 11.3 Å². The van der Waals surface area contributed by atoms with Gasteiger partial charge in [-0.05, 0) is 38.8 Å². The molecule has 1 amide bonds. The van der Waals surface area contributed by atoms with Crippen molar-refractivity contribution >= 4 is 32.7 Å². The largest absolute Gasteiger partial charge is 0.376 e. The molecule has 1 aromatic carbocycles. The number of aromatic nitrogens is 3. The van der Waals surface area contributed by atoms with Gasteiger partial charge in [0.2, 0.25) is 5.91 Å². The van der Waals surface area contributed by atoms with Crippen LogP contribution in [0.4, 0.5) is 5.13 Å². The van der Waals surface area contributed by atoms with Gasteiger partial charge in [-0.2, -0.15) is 10.1 Å². The second-order valence-corrected chi connectivity index (χ2v) is 8.25. The van der Waals surface area contributed by atoms with Crippen LogP contribution in [0.2, 0.25) is 0 Å². The molecule has 1 saturated heterocycles. The fourth-order valence-electron chi connectivity index (χ4n) is 3.32. The molecule has 2 aromatic heterocycles. The zero-order chi connectivity index (χ0) is 19.7. The monoisotopic (exact) mass is 399 g/mol. The summed E-state index contributed by atoms with van der Waals surface area (Å²) in [5.74, 6) is -0.0193. The van der Waals surface area contributed by atoms with Crippen molar-refractivity contribution in [3.05, 3.63) is 35.5 Å². The van der Waals surface area contributed by atoms with Gasteiger partial charge in [0.25, 0.3) is 0 Å². The lowest BCUT2D eigenvalue weighted by molar-refractivity contribution is -0.120. The summed E-state index contributed by atoms with van der Waals surface area (Å²) < 4.78 is 8.46. The average Bonchev–Trinajstić information content (AvgIpc) is 3.39. The number of fused-ring (bicyclic) bond motifs is 1. The van der Waals surface area contributed by atoms with E-state index >= 15 is 0 Å². The molecule has 1 aliphatic heterocycles. The molecule has 1 fully saturated rings. The molecular weight excluding hydrogens is 374 g/mol. The van der Waals surface area contributed by atoms with E-state index < -0.39 is 0 Å². The van der Waals surface area contributed by atoms with Gasteiger partial charge in [-0.25, -0.2) is 4.68 Å². The predicted octanol–water partition coefficient (Wildman–Crippen LogP) is 2.83. The highest BCUT2D eigenvalue weighted by molar-refractivity contribution is 7.22. The SMILES string of the molecule is Cc1ccc(-n2nc(C)c3sc(N(C)CC(=O)NC[C@H]4CCCO4)nc32)cc1. The quantitative estimate of drug-likeness (QED) is 0.690. The molecule has 7 nitrogen and oxygen atoms in total. The molecule has 0 unspecified atom stereocenters. The Labute approximate surface area is 168 Å². The number of amides is 1. The van der Waals surface area contributed by atoms with Gasteiger partial charge < -0.3 is 15.0 Å². The van der Waals surface area contributed by atoms with Crippen LogP contribution in [-0.4, -0.2) is 53.5 Å². The van der Waals surface area contributed by atoms with Gasteiger partial charge >= 0.3 is 0 Å². The fraction of sp³-hybridized carbons (Fsp3) is 0.450. The fourth-order valence-corrected chi connectivity index (χ4v) is 4.27. The molecular formula is C20H25N5O2S. The number of anilines is 1. The molecule has 4 rings (SSSR count). The van der Waals surface area contributed by atoms with E-state index in [0.29, 0.717) is 6.54 Å². The van der Waals surface area contributed by atoms with E-state index in [0.717, 1.165) is 46.3 Å². The summed E-state index contributed by atoms with van der Waals surface area (Å²) in [6.07, 6.45) is 2.24. The number of hydrogen-bond donors (Lipinski definition) is 1. The molecule has 3 heterocycles. The maximum atomic E-state index is 12.3. The Balaban J connectivity index is 1.48. The highest BCUT2D eigenvalue weighted by Crippen LogP contribution is 2.32. The van der Waals surface area contributed by atoms with E-state index in [1.165, 1.54) is 5.56 Å². The van der Waals surface area contributed by atoms with Crippen molar-refractivity contribution in [2.75, 3.05) is 31.6 Å². The molecule has 148 valence electrons. The van der Waals surface area contributed by atoms with Crippen LogP contribution in [0.15, 0.2) is 24.3 Å². The molecule has 1 N–H and O–H groups in total. The number of benzene rings is 1. The molecule has 0 aliphatic carbocycles. The molecule has 3 aromatic rings. The van der Waals surface area contributed by atoms with E-state index in [-0.39, 0.29) is 18.6 Å². The molecule has 1 atom stereocenters. The molecule has 0 radical (unpaired) electrons. The third kappa shape index (κ3) is 3.88. The normalized spacial score (nSPS) is 16.6. The molecule has 28 heavy (non-hydrogen) atoms. The number of nitrogens with zero attached hydrogens (tertiary/aromatic N) is 4. The van der Waals surface area contributed by atoms with Gasteiger partial charge in [0.05, 0.1) is 28.7 Å². The second-order valence-electron chi connectivity index (χ2n) is 7.28. The smallest absolute Gasteiger partial charge is 0.239 e. The lowest BCUT2D eigenvalue weighted by atomic mass is 10.2. The Bertz CT molecular complexity index is 973. The Morgan fingerprint density at radius 2 is 2.14 bits per heavy atom. The molecule has 0 saturated carbocycles. The average molecular weight is 400 g/mol. The maximum Gasteiger partial charge on any atom is 0.239 e. The summed E-state index contributed by atoms with van der Waals surface area (Å²) in [6, 6.07) is 8.22. The van der Waals surface area contributed by atoms with Crippen molar-refractivity contribution in [1.29, 1.82) is 0 Å². The van der Waals surface area contributed by atoms with E-state index in [2.05, 4.69) is 29.5 Å². The number of ether oxygens (including phenoxy) is 1. The van der Waals surface area contributed by atoms with Crippen LogP contribution in [-0.2, 0) is 9.53 Å². The summed E-state index contributed by atoms with van der Waals surface area (Å²) in [4.78, 5) is 18.9. The third-order valence-corrected chi connectivity index (χ3v) is 6.18. The number of aryl methyl sites for hydroxylation is 2. The molecule has 0 bridgehead atoms. The van der Waals surface area contributed by atoms with Crippen LogP contribution in [0.1, 0.15) is 24.1 Å². The summed E-state index contributed by atoms with van der Waals surface area (Å²) >= 11 is 1.56. The van der Waals surface area contributed by atoms with E-state index in [4.69, 9.17) is 9.72 Å². The minimum atomic E-state index is -0.0193. The van der Waals surface area contributed by atoms with Crippen LogP contribution in [0.25, 0.3) is 16.0 Å².